The zero-order valence-corrected chi connectivity index (χ0v) is 15.6. The maximum absolute atomic E-state index is 10.1. The van der Waals surface area contributed by atoms with Gasteiger partial charge in [-0.05, 0) is 69.1 Å². The smallest absolute Gasteiger partial charge is 0.231 e. The molecule has 0 saturated heterocycles. The summed E-state index contributed by atoms with van der Waals surface area (Å²) in [7, 11) is 0. The van der Waals surface area contributed by atoms with Crippen LogP contribution in [0.5, 0.6) is 11.5 Å². The summed E-state index contributed by atoms with van der Waals surface area (Å²) >= 11 is 0. The molecule has 1 aromatic rings. The summed E-state index contributed by atoms with van der Waals surface area (Å²) in [6.45, 7) is 8.82. The number of hydrogen-bond acceptors (Lipinski definition) is 3. The molecule has 1 aliphatic rings. The van der Waals surface area contributed by atoms with Crippen molar-refractivity contribution in [3.05, 3.63) is 35.4 Å². The second kappa shape index (κ2) is 8.57. The lowest BCUT2D eigenvalue weighted by Crippen LogP contribution is -2.22. The Balaban J connectivity index is 1.84. The molecular formula is C21H32O3. The summed E-state index contributed by atoms with van der Waals surface area (Å²) in [6, 6.07) is 6.20. The Kier molecular flexibility index (Phi) is 6.73. The number of allylic oxidation sites excluding steroid dienone is 2. The maximum Gasteiger partial charge on any atom is 0.231 e. The van der Waals surface area contributed by atoms with Gasteiger partial charge in [0.15, 0.2) is 11.5 Å². The number of benzene rings is 1. The topological polar surface area (TPSA) is 38.7 Å². The van der Waals surface area contributed by atoms with E-state index in [-0.39, 0.29) is 0 Å². The normalized spacial score (nSPS) is 16.5. The number of ether oxygens (including phenoxy) is 2. The molecule has 0 saturated carbocycles. The summed E-state index contributed by atoms with van der Waals surface area (Å²) < 4.78 is 10.8. The minimum absolute atomic E-state index is 0.331. The van der Waals surface area contributed by atoms with Gasteiger partial charge in [-0.15, -0.1) is 0 Å². The van der Waals surface area contributed by atoms with Crippen molar-refractivity contribution < 1.29 is 14.6 Å². The molecule has 1 heterocycles. The summed E-state index contributed by atoms with van der Waals surface area (Å²) in [6.07, 6.45) is 8.25. The Morgan fingerprint density at radius 1 is 1.29 bits per heavy atom. The average Bonchev–Trinajstić information content (AvgIpc) is 3.00. The molecule has 1 atom stereocenters. The molecule has 1 aromatic carbocycles. The zero-order valence-electron chi connectivity index (χ0n) is 15.6. The van der Waals surface area contributed by atoms with E-state index < -0.39 is 5.60 Å². The molecule has 1 unspecified atom stereocenters. The van der Waals surface area contributed by atoms with E-state index in [9.17, 15) is 5.11 Å². The fraction of sp³-hybridized carbons (Fsp3) is 0.619. The van der Waals surface area contributed by atoms with E-state index in [4.69, 9.17) is 9.47 Å². The van der Waals surface area contributed by atoms with Crippen LogP contribution in [0, 0.1) is 5.92 Å². The second-order valence-corrected chi connectivity index (χ2v) is 7.36. The van der Waals surface area contributed by atoms with E-state index in [0.29, 0.717) is 12.7 Å². The third-order valence-electron chi connectivity index (χ3n) is 4.96. The predicted octanol–water partition coefficient (Wildman–Crippen LogP) is 5.26. The molecule has 1 aliphatic heterocycles. The van der Waals surface area contributed by atoms with Gasteiger partial charge in [0.05, 0.1) is 5.60 Å². The first kappa shape index (κ1) is 18.9. The van der Waals surface area contributed by atoms with E-state index in [1.54, 1.807) is 0 Å². The van der Waals surface area contributed by atoms with Crippen LogP contribution in [0.4, 0.5) is 0 Å². The second-order valence-electron chi connectivity index (χ2n) is 7.36. The lowest BCUT2D eigenvalue weighted by Gasteiger charge is -2.22. The molecule has 134 valence electrons. The maximum atomic E-state index is 10.1. The molecule has 3 heteroatoms. The van der Waals surface area contributed by atoms with Crippen molar-refractivity contribution in [2.45, 2.75) is 71.8 Å². The first-order chi connectivity index (χ1) is 11.4. The highest BCUT2D eigenvalue weighted by Crippen LogP contribution is 2.33. The lowest BCUT2D eigenvalue weighted by atomic mass is 9.91. The highest BCUT2D eigenvalue weighted by atomic mass is 16.7. The molecule has 0 amide bonds. The van der Waals surface area contributed by atoms with E-state index in [1.165, 1.54) is 11.1 Å². The molecule has 0 radical (unpaired) electrons. The summed E-state index contributed by atoms with van der Waals surface area (Å²) in [5.41, 5.74) is 2.27. The largest absolute Gasteiger partial charge is 0.454 e. The SMILES string of the molecule is CCC(C)(O)CCC/C(=C/CCc1ccc2c(c1)OCO2)C(C)C. The zero-order chi connectivity index (χ0) is 17.6. The minimum atomic E-state index is -0.519. The van der Waals surface area contributed by atoms with E-state index >= 15 is 0 Å². The molecule has 2 rings (SSSR count). The van der Waals surface area contributed by atoms with Gasteiger partial charge in [-0.25, -0.2) is 0 Å². The van der Waals surface area contributed by atoms with Crippen molar-refractivity contribution >= 4 is 0 Å². The van der Waals surface area contributed by atoms with Gasteiger partial charge in [-0.3, -0.25) is 0 Å². The summed E-state index contributed by atoms with van der Waals surface area (Å²) in [4.78, 5) is 0. The van der Waals surface area contributed by atoms with Crippen molar-refractivity contribution in [3.63, 3.8) is 0 Å². The predicted molar refractivity (Wildman–Crippen MR) is 98.6 cm³/mol. The van der Waals surface area contributed by atoms with Crippen LogP contribution < -0.4 is 9.47 Å². The Labute approximate surface area is 146 Å². The molecule has 0 bridgehead atoms. The van der Waals surface area contributed by atoms with Gasteiger partial charge in [0.25, 0.3) is 0 Å². The van der Waals surface area contributed by atoms with Gasteiger partial charge in [-0.2, -0.15) is 0 Å². The molecule has 24 heavy (non-hydrogen) atoms. The van der Waals surface area contributed by atoms with E-state index in [2.05, 4.69) is 32.1 Å². The summed E-state index contributed by atoms with van der Waals surface area (Å²) in [5.74, 6) is 2.27. The van der Waals surface area contributed by atoms with Gasteiger partial charge in [0.1, 0.15) is 0 Å². The molecule has 0 aliphatic carbocycles. The van der Waals surface area contributed by atoms with Crippen LogP contribution in [0.3, 0.4) is 0 Å². The molecule has 0 spiro atoms. The van der Waals surface area contributed by atoms with Crippen molar-refractivity contribution in [1.82, 2.24) is 0 Å². The fourth-order valence-electron chi connectivity index (χ4n) is 3.00. The third kappa shape index (κ3) is 5.55. The van der Waals surface area contributed by atoms with Gasteiger partial charge in [0.2, 0.25) is 6.79 Å². The Hall–Kier alpha value is -1.48. The first-order valence-electron chi connectivity index (χ1n) is 9.21. The lowest BCUT2D eigenvalue weighted by molar-refractivity contribution is 0.0449. The van der Waals surface area contributed by atoms with Crippen LogP contribution in [0.1, 0.15) is 65.4 Å². The van der Waals surface area contributed by atoms with Crippen LogP contribution in [0.2, 0.25) is 0 Å². The highest BCUT2D eigenvalue weighted by molar-refractivity contribution is 5.44. The van der Waals surface area contributed by atoms with Crippen LogP contribution >= 0.6 is 0 Å². The molecule has 0 fully saturated rings. The minimum Gasteiger partial charge on any atom is -0.454 e. The molecular weight excluding hydrogens is 300 g/mol. The number of aryl methyl sites for hydroxylation is 1. The average molecular weight is 332 g/mol. The molecule has 0 aromatic heterocycles. The Morgan fingerprint density at radius 3 is 2.75 bits per heavy atom. The number of aliphatic hydroxyl groups is 1. The van der Waals surface area contributed by atoms with Crippen molar-refractivity contribution in [1.29, 1.82) is 0 Å². The van der Waals surface area contributed by atoms with Crippen LogP contribution in [0.15, 0.2) is 29.8 Å². The first-order valence-corrected chi connectivity index (χ1v) is 9.21. The standard InChI is InChI=1S/C21H32O3/c1-5-21(4,22)13-7-10-18(16(2)3)9-6-8-17-11-12-19-20(14-17)24-15-23-19/h9,11-12,14,16,22H,5-8,10,13,15H2,1-4H3/b18-9-. The Morgan fingerprint density at radius 2 is 2.04 bits per heavy atom. The van der Waals surface area contributed by atoms with Crippen molar-refractivity contribution in [2.75, 3.05) is 6.79 Å². The fourth-order valence-corrected chi connectivity index (χ4v) is 3.00. The van der Waals surface area contributed by atoms with Crippen LogP contribution in [-0.2, 0) is 6.42 Å². The van der Waals surface area contributed by atoms with Crippen LogP contribution in [0.25, 0.3) is 0 Å². The van der Waals surface area contributed by atoms with Gasteiger partial charge < -0.3 is 14.6 Å². The van der Waals surface area contributed by atoms with Crippen LogP contribution in [-0.4, -0.2) is 17.5 Å². The highest BCUT2D eigenvalue weighted by Gasteiger charge is 2.17. The molecule has 1 N–H and O–H groups in total. The van der Waals surface area contributed by atoms with E-state index in [1.807, 2.05) is 19.9 Å². The quantitative estimate of drug-likeness (QED) is 0.627. The van der Waals surface area contributed by atoms with Gasteiger partial charge >= 0.3 is 0 Å². The third-order valence-corrected chi connectivity index (χ3v) is 4.96. The summed E-state index contributed by atoms with van der Waals surface area (Å²) in [5, 5.41) is 10.1. The van der Waals surface area contributed by atoms with Crippen molar-refractivity contribution in [3.8, 4) is 11.5 Å². The number of fused-ring (bicyclic) bond motifs is 1. The van der Waals surface area contributed by atoms with Crippen molar-refractivity contribution in [2.24, 2.45) is 5.92 Å². The van der Waals surface area contributed by atoms with Gasteiger partial charge in [0, 0.05) is 0 Å². The molecule has 3 nitrogen and oxygen atoms in total. The number of hydrogen-bond donors (Lipinski definition) is 1. The Bertz CT molecular complexity index is 558. The van der Waals surface area contributed by atoms with Gasteiger partial charge in [-0.1, -0.05) is 38.5 Å². The van der Waals surface area contributed by atoms with E-state index in [0.717, 1.165) is 50.0 Å². The monoisotopic (exact) mass is 332 g/mol. The number of rotatable bonds is 9.